The number of fused-ring (bicyclic) bond motifs is 1. The molecule has 0 N–H and O–H groups in total. The van der Waals surface area contributed by atoms with E-state index in [1.165, 1.54) is 43.6 Å². The minimum atomic E-state index is -0.890. The van der Waals surface area contributed by atoms with Gasteiger partial charge in [-0.05, 0) is 52.5 Å². The summed E-state index contributed by atoms with van der Waals surface area (Å²) < 4.78 is 21.1. The highest BCUT2D eigenvalue weighted by Gasteiger charge is 2.66. The molecular weight excluding hydrogens is 400 g/mol. The SMILES string of the molecule is CC(=O)O/C=C(/C=C/OC(C)=O)[C@@H]1C[C@H]2O[C@@]2(CC/C=C(\C)CCC=C(C)C)C(=O)O1. The first-order chi connectivity index (χ1) is 14.6. The molecule has 2 fully saturated rings. The average molecular weight is 433 g/mol. The van der Waals surface area contributed by atoms with Crippen molar-refractivity contribution in [3.05, 3.63) is 47.5 Å². The summed E-state index contributed by atoms with van der Waals surface area (Å²) in [6.07, 6.45) is 11.0. The van der Waals surface area contributed by atoms with E-state index in [1.54, 1.807) is 0 Å². The zero-order chi connectivity index (χ0) is 23.0. The summed E-state index contributed by atoms with van der Waals surface area (Å²) in [6.45, 7) is 8.80. The first kappa shape index (κ1) is 24.6. The molecule has 0 aliphatic carbocycles. The minimum absolute atomic E-state index is 0.249. The Morgan fingerprint density at radius 1 is 1.06 bits per heavy atom. The number of hydrogen-bond acceptors (Lipinski definition) is 7. The number of carbonyl (C=O) groups is 3. The smallest absolute Gasteiger partial charge is 0.341 e. The zero-order valence-corrected chi connectivity index (χ0v) is 18.9. The van der Waals surface area contributed by atoms with E-state index in [2.05, 4.69) is 32.9 Å². The van der Waals surface area contributed by atoms with Crippen molar-refractivity contribution in [3.63, 3.8) is 0 Å². The largest absolute Gasteiger partial charge is 0.455 e. The molecule has 0 spiro atoms. The zero-order valence-electron chi connectivity index (χ0n) is 18.9. The summed E-state index contributed by atoms with van der Waals surface area (Å²) >= 11 is 0. The molecular formula is C24H32O7. The molecule has 2 rings (SSSR count). The van der Waals surface area contributed by atoms with Gasteiger partial charge in [-0.25, -0.2) is 4.79 Å². The summed E-state index contributed by atoms with van der Waals surface area (Å²) in [6, 6.07) is 0. The van der Waals surface area contributed by atoms with Gasteiger partial charge in [-0.1, -0.05) is 23.3 Å². The van der Waals surface area contributed by atoms with Crippen molar-refractivity contribution < 1.29 is 33.3 Å². The van der Waals surface area contributed by atoms with Gasteiger partial charge in [-0.2, -0.15) is 0 Å². The van der Waals surface area contributed by atoms with E-state index in [4.69, 9.17) is 18.9 Å². The van der Waals surface area contributed by atoms with Gasteiger partial charge in [0.05, 0.1) is 6.26 Å². The van der Waals surface area contributed by atoms with Gasteiger partial charge in [0.15, 0.2) is 5.60 Å². The Hall–Kier alpha value is -2.67. The molecule has 2 aliphatic rings. The third-order valence-corrected chi connectivity index (χ3v) is 5.17. The van der Waals surface area contributed by atoms with Crippen molar-refractivity contribution in [2.75, 3.05) is 0 Å². The number of cyclic esters (lactones) is 1. The molecule has 2 heterocycles. The normalized spacial score (nSPS) is 25.5. The quantitative estimate of drug-likeness (QED) is 0.126. The summed E-state index contributed by atoms with van der Waals surface area (Å²) in [4.78, 5) is 34.8. The van der Waals surface area contributed by atoms with E-state index < -0.39 is 29.6 Å². The maximum Gasteiger partial charge on any atom is 0.341 e. The topological polar surface area (TPSA) is 91.4 Å². The van der Waals surface area contributed by atoms with Crippen LogP contribution < -0.4 is 0 Å². The standard InChI is InChI=1S/C24H32O7/c1-16(2)8-6-9-17(3)10-7-12-24-22(31-24)14-21(30-23(24)27)20(15-29-19(5)26)11-13-28-18(4)25/h8,10-11,13,15,21-22H,6-7,9,12,14H2,1-5H3/b13-11+,17-10+,20-15-/t21-,22+,24+/m0/s1. The molecule has 0 unspecified atom stereocenters. The van der Waals surface area contributed by atoms with Gasteiger partial charge >= 0.3 is 17.9 Å². The fraction of sp³-hybridized carbons (Fsp3) is 0.542. The van der Waals surface area contributed by atoms with Crippen LogP contribution in [0.2, 0.25) is 0 Å². The van der Waals surface area contributed by atoms with E-state index >= 15 is 0 Å². The number of allylic oxidation sites excluding steroid dienone is 4. The second kappa shape index (κ2) is 11.1. The lowest BCUT2D eigenvalue weighted by molar-refractivity contribution is -0.155. The molecule has 0 amide bonds. The second-order valence-electron chi connectivity index (χ2n) is 8.17. The van der Waals surface area contributed by atoms with Crippen molar-refractivity contribution in [2.24, 2.45) is 0 Å². The predicted octanol–water partition coefficient (Wildman–Crippen LogP) is 4.44. The Morgan fingerprint density at radius 3 is 2.39 bits per heavy atom. The number of epoxide rings is 1. The van der Waals surface area contributed by atoms with Gasteiger partial charge in [0.2, 0.25) is 0 Å². The van der Waals surface area contributed by atoms with E-state index in [-0.39, 0.29) is 6.10 Å². The van der Waals surface area contributed by atoms with Gasteiger partial charge in [0.25, 0.3) is 0 Å². The maximum absolute atomic E-state index is 12.7. The molecule has 0 aromatic rings. The molecule has 0 bridgehead atoms. The molecule has 31 heavy (non-hydrogen) atoms. The van der Waals surface area contributed by atoms with Gasteiger partial charge in [-0.3, -0.25) is 9.59 Å². The maximum atomic E-state index is 12.7. The summed E-state index contributed by atoms with van der Waals surface area (Å²) in [5.74, 6) is -1.42. The number of ether oxygens (including phenoxy) is 4. The fourth-order valence-electron chi connectivity index (χ4n) is 3.44. The number of esters is 3. The van der Waals surface area contributed by atoms with Crippen LogP contribution in [0, 0.1) is 0 Å². The monoisotopic (exact) mass is 432 g/mol. The Labute approximate surface area is 183 Å². The van der Waals surface area contributed by atoms with Gasteiger partial charge < -0.3 is 18.9 Å². The molecule has 7 heteroatoms. The summed E-state index contributed by atoms with van der Waals surface area (Å²) in [5.41, 5.74) is 2.11. The van der Waals surface area contributed by atoms with Crippen LogP contribution in [0.5, 0.6) is 0 Å². The molecule has 0 aromatic carbocycles. The number of carbonyl (C=O) groups excluding carboxylic acids is 3. The average Bonchev–Trinajstić information content (AvgIpc) is 3.38. The third-order valence-electron chi connectivity index (χ3n) is 5.17. The Morgan fingerprint density at radius 2 is 1.77 bits per heavy atom. The van der Waals surface area contributed by atoms with Crippen LogP contribution >= 0.6 is 0 Å². The second-order valence-corrected chi connectivity index (χ2v) is 8.17. The Bertz CT molecular complexity index is 814. The van der Waals surface area contributed by atoms with Crippen LogP contribution in [0.25, 0.3) is 0 Å². The number of hydrogen-bond donors (Lipinski definition) is 0. The van der Waals surface area contributed by atoms with Crippen LogP contribution in [0.3, 0.4) is 0 Å². The fourth-order valence-corrected chi connectivity index (χ4v) is 3.44. The predicted molar refractivity (Wildman–Crippen MR) is 115 cm³/mol. The van der Waals surface area contributed by atoms with Crippen molar-refractivity contribution in [2.45, 2.75) is 84.5 Å². The van der Waals surface area contributed by atoms with Crippen molar-refractivity contribution in [1.29, 1.82) is 0 Å². The Kier molecular flexibility index (Phi) is 8.80. The first-order valence-electron chi connectivity index (χ1n) is 10.5. The highest BCUT2D eigenvalue weighted by molar-refractivity contribution is 5.85. The summed E-state index contributed by atoms with van der Waals surface area (Å²) in [7, 11) is 0. The minimum Gasteiger partial charge on any atom is -0.455 e. The van der Waals surface area contributed by atoms with E-state index in [1.807, 2.05) is 0 Å². The molecule has 0 saturated carbocycles. The van der Waals surface area contributed by atoms with Crippen molar-refractivity contribution >= 4 is 17.9 Å². The molecule has 3 atom stereocenters. The molecule has 0 aromatic heterocycles. The number of rotatable bonds is 10. The molecule has 2 saturated heterocycles. The Balaban J connectivity index is 1.95. The lowest BCUT2D eigenvalue weighted by Crippen LogP contribution is -2.39. The van der Waals surface area contributed by atoms with Crippen molar-refractivity contribution in [3.8, 4) is 0 Å². The third kappa shape index (κ3) is 7.51. The van der Waals surface area contributed by atoms with Gasteiger partial charge in [0.1, 0.15) is 18.5 Å². The highest BCUT2D eigenvalue weighted by Crippen LogP contribution is 2.49. The van der Waals surface area contributed by atoms with Crippen LogP contribution in [-0.4, -0.2) is 35.7 Å². The molecule has 0 radical (unpaired) electrons. The summed E-state index contributed by atoms with van der Waals surface area (Å²) in [5, 5.41) is 0. The highest BCUT2D eigenvalue weighted by atomic mass is 16.7. The van der Waals surface area contributed by atoms with Crippen LogP contribution in [0.1, 0.15) is 66.7 Å². The van der Waals surface area contributed by atoms with Crippen LogP contribution in [-0.2, 0) is 33.3 Å². The van der Waals surface area contributed by atoms with E-state index in [0.717, 1.165) is 19.3 Å². The van der Waals surface area contributed by atoms with Crippen molar-refractivity contribution in [1.82, 2.24) is 0 Å². The molecule has 7 nitrogen and oxygen atoms in total. The van der Waals surface area contributed by atoms with E-state index in [0.29, 0.717) is 18.4 Å². The molecule has 170 valence electrons. The van der Waals surface area contributed by atoms with Gasteiger partial charge in [0, 0.05) is 25.8 Å². The first-order valence-corrected chi connectivity index (χ1v) is 10.5. The van der Waals surface area contributed by atoms with Gasteiger partial charge in [-0.15, -0.1) is 0 Å². The molecule has 2 aliphatic heterocycles. The van der Waals surface area contributed by atoms with Crippen LogP contribution in [0.15, 0.2) is 47.5 Å². The lowest BCUT2D eigenvalue weighted by Gasteiger charge is -2.25. The van der Waals surface area contributed by atoms with E-state index in [9.17, 15) is 14.4 Å². The lowest BCUT2D eigenvalue weighted by atomic mass is 9.90. The van der Waals surface area contributed by atoms with Crippen LogP contribution in [0.4, 0.5) is 0 Å².